The minimum absolute atomic E-state index is 0.0975. The van der Waals surface area contributed by atoms with Gasteiger partial charge in [0, 0.05) is 16.7 Å². The van der Waals surface area contributed by atoms with Gasteiger partial charge in [0.25, 0.3) is 10.0 Å². The number of rotatable bonds is 6. The van der Waals surface area contributed by atoms with Crippen molar-refractivity contribution < 1.29 is 17.5 Å². The lowest BCUT2D eigenvalue weighted by Gasteiger charge is -2.25. The van der Waals surface area contributed by atoms with Crippen LogP contribution in [0.25, 0.3) is 0 Å². The molecule has 3 aromatic carbocycles. The van der Waals surface area contributed by atoms with E-state index in [9.17, 15) is 12.8 Å². The molecule has 0 unspecified atom stereocenters. The van der Waals surface area contributed by atoms with Gasteiger partial charge in [0.2, 0.25) is 0 Å². The van der Waals surface area contributed by atoms with Crippen LogP contribution in [0.3, 0.4) is 0 Å². The first-order chi connectivity index (χ1) is 12.9. The van der Waals surface area contributed by atoms with Gasteiger partial charge in [-0.3, -0.25) is 4.31 Å². The van der Waals surface area contributed by atoms with Crippen LogP contribution in [0.5, 0.6) is 5.75 Å². The number of methoxy groups -OCH3 is 1. The Balaban J connectivity index is 2.15. The molecular formula is C20H17ClFNO3S. The summed E-state index contributed by atoms with van der Waals surface area (Å²) in [6.45, 7) is -0.254. The van der Waals surface area contributed by atoms with Crippen LogP contribution in [0, 0.1) is 5.82 Å². The molecule has 0 aliphatic rings. The third kappa shape index (κ3) is 4.07. The van der Waals surface area contributed by atoms with E-state index in [1.807, 2.05) is 0 Å². The minimum Gasteiger partial charge on any atom is -0.497 e. The summed E-state index contributed by atoms with van der Waals surface area (Å²) in [5.41, 5.74) is 0.444. The number of hydrogen-bond acceptors (Lipinski definition) is 3. The number of hydrogen-bond donors (Lipinski definition) is 0. The molecule has 0 spiro atoms. The van der Waals surface area contributed by atoms with Crippen LogP contribution in [-0.4, -0.2) is 15.5 Å². The third-order valence-corrected chi connectivity index (χ3v) is 6.18. The molecular weight excluding hydrogens is 389 g/mol. The van der Waals surface area contributed by atoms with Crippen molar-refractivity contribution in [2.75, 3.05) is 11.4 Å². The molecule has 0 N–H and O–H groups in total. The van der Waals surface area contributed by atoms with E-state index in [-0.39, 0.29) is 22.0 Å². The van der Waals surface area contributed by atoms with Crippen LogP contribution in [0.15, 0.2) is 77.7 Å². The Morgan fingerprint density at radius 2 is 1.70 bits per heavy atom. The minimum atomic E-state index is -3.96. The molecule has 0 aliphatic carbocycles. The molecule has 7 heteroatoms. The van der Waals surface area contributed by atoms with Gasteiger partial charge in [0.05, 0.1) is 24.2 Å². The van der Waals surface area contributed by atoms with E-state index in [1.165, 1.54) is 37.4 Å². The van der Waals surface area contributed by atoms with Gasteiger partial charge in [-0.2, -0.15) is 0 Å². The highest BCUT2D eigenvalue weighted by molar-refractivity contribution is 7.92. The highest BCUT2D eigenvalue weighted by Crippen LogP contribution is 2.31. The van der Waals surface area contributed by atoms with Gasteiger partial charge in [-0.25, -0.2) is 12.8 Å². The first kappa shape index (κ1) is 19.2. The maximum Gasteiger partial charge on any atom is 0.264 e. The predicted molar refractivity (Wildman–Crippen MR) is 104 cm³/mol. The van der Waals surface area contributed by atoms with E-state index in [0.29, 0.717) is 11.4 Å². The van der Waals surface area contributed by atoms with Crippen LogP contribution in [0.2, 0.25) is 5.02 Å². The molecule has 0 radical (unpaired) electrons. The van der Waals surface area contributed by atoms with E-state index >= 15 is 0 Å². The Hall–Kier alpha value is -2.57. The summed E-state index contributed by atoms with van der Waals surface area (Å²) in [5.74, 6) is -0.0842. The Morgan fingerprint density at radius 3 is 2.37 bits per heavy atom. The fourth-order valence-electron chi connectivity index (χ4n) is 2.63. The van der Waals surface area contributed by atoms with Gasteiger partial charge in [-0.05, 0) is 36.4 Å². The van der Waals surface area contributed by atoms with Crippen molar-refractivity contribution in [2.24, 2.45) is 0 Å². The fourth-order valence-corrected chi connectivity index (χ4v) is 4.30. The largest absolute Gasteiger partial charge is 0.497 e. The summed E-state index contributed by atoms with van der Waals surface area (Å²) < 4.78 is 47.2. The van der Waals surface area contributed by atoms with Crippen molar-refractivity contribution in [3.8, 4) is 5.75 Å². The molecule has 140 valence electrons. The van der Waals surface area contributed by atoms with Crippen molar-refractivity contribution >= 4 is 27.3 Å². The van der Waals surface area contributed by atoms with Crippen LogP contribution in [-0.2, 0) is 16.6 Å². The zero-order chi connectivity index (χ0) is 19.4. The van der Waals surface area contributed by atoms with Gasteiger partial charge in [0.15, 0.2) is 0 Å². The quantitative estimate of drug-likeness (QED) is 0.587. The lowest BCUT2D eigenvalue weighted by Crippen LogP contribution is -2.31. The number of halogens is 2. The van der Waals surface area contributed by atoms with Gasteiger partial charge < -0.3 is 4.74 Å². The average molecular weight is 406 g/mol. The molecule has 27 heavy (non-hydrogen) atoms. The molecule has 0 heterocycles. The summed E-state index contributed by atoms with van der Waals surface area (Å²) in [6, 6.07) is 18.8. The van der Waals surface area contributed by atoms with Crippen molar-refractivity contribution in [1.82, 2.24) is 0 Å². The summed E-state index contributed by atoms with van der Waals surface area (Å²) in [7, 11) is -2.47. The monoisotopic (exact) mass is 405 g/mol. The van der Waals surface area contributed by atoms with Crippen molar-refractivity contribution in [3.63, 3.8) is 0 Å². The summed E-state index contributed by atoms with van der Waals surface area (Å²) >= 11 is 6.13. The van der Waals surface area contributed by atoms with Gasteiger partial charge in [0.1, 0.15) is 11.6 Å². The van der Waals surface area contributed by atoms with Crippen LogP contribution >= 0.6 is 11.6 Å². The number of nitrogens with zero attached hydrogens (tertiary/aromatic N) is 1. The number of ether oxygens (including phenoxy) is 1. The second kappa shape index (κ2) is 7.98. The van der Waals surface area contributed by atoms with E-state index in [0.717, 1.165) is 4.31 Å². The average Bonchev–Trinajstić information content (AvgIpc) is 2.68. The first-order valence-corrected chi connectivity index (χ1v) is 9.90. The molecule has 0 fully saturated rings. The summed E-state index contributed by atoms with van der Waals surface area (Å²) in [4.78, 5) is 0.0975. The highest BCUT2D eigenvalue weighted by atomic mass is 35.5. The van der Waals surface area contributed by atoms with Crippen molar-refractivity contribution in [1.29, 1.82) is 0 Å². The van der Waals surface area contributed by atoms with E-state index in [1.54, 1.807) is 42.5 Å². The van der Waals surface area contributed by atoms with Crippen molar-refractivity contribution in [3.05, 3.63) is 89.2 Å². The zero-order valence-corrected chi connectivity index (χ0v) is 16.0. The topological polar surface area (TPSA) is 46.6 Å². The smallest absolute Gasteiger partial charge is 0.264 e. The zero-order valence-electron chi connectivity index (χ0n) is 14.5. The Kier molecular flexibility index (Phi) is 5.68. The molecule has 0 aliphatic heterocycles. The van der Waals surface area contributed by atoms with E-state index < -0.39 is 15.8 Å². The number of benzene rings is 3. The fraction of sp³-hybridized carbons (Fsp3) is 0.100. The lowest BCUT2D eigenvalue weighted by atomic mass is 10.2. The third-order valence-electron chi connectivity index (χ3n) is 4.04. The molecule has 0 atom stereocenters. The van der Waals surface area contributed by atoms with Gasteiger partial charge in [-0.1, -0.05) is 41.9 Å². The maximum atomic E-state index is 14.3. The maximum absolute atomic E-state index is 14.3. The molecule has 4 nitrogen and oxygen atoms in total. The normalized spacial score (nSPS) is 11.2. The molecule has 0 saturated heterocycles. The van der Waals surface area contributed by atoms with E-state index in [4.69, 9.17) is 16.3 Å². The molecule has 0 aromatic heterocycles. The SMILES string of the molecule is COc1cccc(N(Cc2c(F)cccc2Cl)S(=O)(=O)c2ccccc2)c1. The molecule has 0 bridgehead atoms. The summed E-state index contributed by atoms with van der Waals surface area (Å²) in [6.07, 6.45) is 0. The predicted octanol–water partition coefficient (Wildman–Crippen LogP) is 4.88. The number of sulfonamides is 1. The molecule has 3 rings (SSSR count). The standard InChI is InChI=1S/C20H17ClFNO3S/c1-26-16-8-5-7-15(13-16)23(14-18-19(21)11-6-12-20(18)22)27(24,25)17-9-3-2-4-10-17/h2-13H,14H2,1H3. The van der Waals surface area contributed by atoms with Gasteiger partial charge >= 0.3 is 0 Å². The van der Waals surface area contributed by atoms with Gasteiger partial charge in [-0.15, -0.1) is 0 Å². The number of anilines is 1. The van der Waals surface area contributed by atoms with E-state index in [2.05, 4.69) is 0 Å². The van der Waals surface area contributed by atoms with Crippen LogP contribution < -0.4 is 9.04 Å². The molecule has 0 amide bonds. The van der Waals surface area contributed by atoms with Crippen LogP contribution in [0.1, 0.15) is 5.56 Å². The second-order valence-corrected chi connectivity index (χ2v) is 8.00. The first-order valence-electron chi connectivity index (χ1n) is 8.08. The van der Waals surface area contributed by atoms with Crippen molar-refractivity contribution in [2.45, 2.75) is 11.4 Å². The molecule has 0 saturated carbocycles. The van der Waals surface area contributed by atoms with Crippen LogP contribution in [0.4, 0.5) is 10.1 Å². The second-order valence-electron chi connectivity index (χ2n) is 5.73. The Labute approximate surface area is 162 Å². The highest BCUT2D eigenvalue weighted by Gasteiger charge is 2.27. The summed E-state index contributed by atoms with van der Waals surface area (Å²) in [5, 5.41) is 0.158. The molecule has 3 aromatic rings. The lowest BCUT2D eigenvalue weighted by molar-refractivity contribution is 0.415. The Morgan fingerprint density at radius 1 is 1.00 bits per heavy atom. The Bertz CT molecular complexity index is 1020.